The molecule has 3 aromatic heterocycles. The Bertz CT molecular complexity index is 3170. The average molecular weight is 732 g/mol. The third kappa shape index (κ3) is 5.81. The number of anilines is 3. The number of hydrogen-bond donors (Lipinski definition) is 0. The minimum atomic E-state index is 0.632. The number of aromatic nitrogens is 2. The highest BCUT2D eigenvalue weighted by Crippen LogP contribution is 2.43. The first-order chi connectivity index (χ1) is 28.2. The Morgan fingerprint density at radius 2 is 0.860 bits per heavy atom. The zero-order valence-corrected chi connectivity index (χ0v) is 30.7. The zero-order valence-electron chi connectivity index (χ0n) is 30.7. The first kappa shape index (κ1) is 32.7. The number of rotatable bonds is 7. The van der Waals surface area contributed by atoms with Gasteiger partial charge in [0, 0.05) is 55.3 Å². The van der Waals surface area contributed by atoms with Crippen LogP contribution in [0.4, 0.5) is 17.1 Å². The predicted octanol–water partition coefficient (Wildman–Crippen LogP) is 14.4. The number of nitrogens with zero attached hydrogens (tertiary/aromatic N) is 3. The molecule has 0 radical (unpaired) electrons. The molecule has 0 N–H and O–H groups in total. The van der Waals surface area contributed by atoms with Crippen molar-refractivity contribution in [1.29, 1.82) is 0 Å². The SMILES string of the molecule is c1ccc(-c2cc(-c3ccccc3)nc(-c3cc(-c4ccc(N(c5ccccc5)c5ccc6oc7ccccc7c6c5)cc4)c4c(c3)oc3ccccc34)n2)cc1. The van der Waals surface area contributed by atoms with Crippen LogP contribution in [-0.4, -0.2) is 9.97 Å². The molecule has 0 aliphatic rings. The molecule has 268 valence electrons. The molecule has 5 heteroatoms. The first-order valence-electron chi connectivity index (χ1n) is 19.1. The summed E-state index contributed by atoms with van der Waals surface area (Å²) in [5, 5.41) is 4.30. The molecule has 5 nitrogen and oxygen atoms in total. The first-order valence-corrected chi connectivity index (χ1v) is 19.1. The van der Waals surface area contributed by atoms with Crippen LogP contribution >= 0.6 is 0 Å². The van der Waals surface area contributed by atoms with Gasteiger partial charge in [-0.05, 0) is 83.9 Å². The Kier molecular flexibility index (Phi) is 7.74. The third-order valence-electron chi connectivity index (χ3n) is 10.7. The molecular formula is C52H33N3O2. The molecule has 0 spiro atoms. The Morgan fingerprint density at radius 3 is 1.54 bits per heavy atom. The van der Waals surface area contributed by atoms with Crippen LogP contribution < -0.4 is 4.90 Å². The zero-order chi connectivity index (χ0) is 37.7. The molecule has 11 rings (SSSR count). The minimum Gasteiger partial charge on any atom is -0.456 e. The summed E-state index contributed by atoms with van der Waals surface area (Å²) >= 11 is 0. The Labute approximate surface area is 328 Å². The lowest BCUT2D eigenvalue weighted by atomic mass is 9.96. The number of para-hydroxylation sites is 3. The van der Waals surface area contributed by atoms with Gasteiger partial charge in [0.05, 0.1) is 11.4 Å². The second-order valence-corrected chi connectivity index (χ2v) is 14.2. The summed E-state index contributed by atoms with van der Waals surface area (Å²) in [6.07, 6.45) is 0. The molecule has 0 unspecified atom stereocenters. The van der Waals surface area contributed by atoms with E-state index in [1.165, 1.54) is 0 Å². The van der Waals surface area contributed by atoms with Gasteiger partial charge in [-0.15, -0.1) is 0 Å². The number of fused-ring (bicyclic) bond motifs is 6. The highest BCUT2D eigenvalue weighted by molar-refractivity contribution is 6.14. The van der Waals surface area contributed by atoms with Crippen LogP contribution in [-0.2, 0) is 0 Å². The van der Waals surface area contributed by atoms with E-state index in [0.29, 0.717) is 5.82 Å². The molecule has 0 saturated heterocycles. The van der Waals surface area contributed by atoms with Crippen LogP contribution in [0.25, 0.3) is 88.9 Å². The van der Waals surface area contributed by atoms with E-state index in [-0.39, 0.29) is 0 Å². The third-order valence-corrected chi connectivity index (χ3v) is 10.7. The van der Waals surface area contributed by atoms with Gasteiger partial charge >= 0.3 is 0 Å². The second-order valence-electron chi connectivity index (χ2n) is 14.2. The van der Waals surface area contributed by atoms with Crippen LogP contribution in [0.3, 0.4) is 0 Å². The van der Waals surface area contributed by atoms with Crippen LogP contribution in [0.15, 0.2) is 209 Å². The van der Waals surface area contributed by atoms with Crippen LogP contribution in [0, 0.1) is 0 Å². The molecule has 3 heterocycles. The van der Waals surface area contributed by atoms with Crippen molar-refractivity contribution >= 4 is 60.9 Å². The number of furan rings is 2. The number of hydrogen-bond acceptors (Lipinski definition) is 5. The van der Waals surface area contributed by atoms with Gasteiger partial charge in [0.2, 0.25) is 0 Å². The highest BCUT2D eigenvalue weighted by atomic mass is 16.3. The molecule has 0 atom stereocenters. The Morgan fingerprint density at radius 1 is 0.333 bits per heavy atom. The van der Waals surface area contributed by atoms with Gasteiger partial charge in [-0.1, -0.05) is 127 Å². The normalized spacial score (nSPS) is 11.5. The van der Waals surface area contributed by atoms with Crippen molar-refractivity contribution < 1.29 is 8.83 Å². The van der Waals surface area contributed by atoms with Gasteiger partial charge < -0.3 is 13.7 Å². The standard InChI is InChI=1S/C52H33N3O2/c1-4-14-35(15-5-1)45-33-46(36-16-6-2-7-17-36)54-52(53-45)37-30-43(51-42-21-11-13-23-48(42)57-50(51)31-37)34-24-26-39(27-25-34)55(38-18-8-3-9-19-38)40-28-29-49-44(32-40)41-20-10-12-22-47(41)56-49/h1-33H. The summed E-state index contributed by atoms with van der Waals surface area (Å²) in [6, 6.07) is 69.1. The van der Waals surface area contributed by atoms with E-state index in [9.17, 15) is 0 Å². The minimum absolute atomic E-state index is 0.632. The van der Waals surface area contributed by atoms with E-state index in [1.54, 1.807) is 0 Å². The summed E-state index contributed by atoms with van der Waals surface area (Å²) in [7, 11) is 0. The molecule has 0 saturated carbocycles. The quantitative estimate of drug-likeness (QED) is 0.163. The van der Waals surface area contributed by atoms with Gasteiger partial charge in [-0.2, -0.15) is 0 Å². The van der Waals surface area contributed by atoms with Gasteiger partial charge in [0.25, 0.3) is 0 Å². The van der Waals surface area contributed by atoms with Crippen molar-refractivity contribution in [2.45, 2.75) is 0 Å². The molecule has 11 aromatic rings. The smallest absolute Gasteiger partial charge is 0.160 e. The average Bonchev–Trinajstić information content (AvgIpc) is 3.85. The molecule has 0 amide bonds. The molecule has 0 bridgehead atoms. The lowest BCUT2D eigenvalue weighted by molar-refractivity contribution is 0.668. The van der Waals surface area contributed by atoms with E-state index in [0.717, 1.165) is 100 Å². The summed E-state index contributed by atoms with van der Waals surface area (Å²) < 4.78 is 12.8. The predicted molar refractivity (Wildman–Crippen MR) is 233 cm³/mol. The van der Waals surface area contributed by atoms with Gasteiger partial charge in [-0.25, -0.2) is 9.97 Å². The van der Waals surface area contributed by atoms with Crippen LogP contribution in [0.5, 0.6) is 0 Å². The Hall–Kier alpha value is -7.76. The molecule has 8 aromatic carbocycles. The van der Waals surface area contributed by atoms with Crippen molar-refractivity contribution in [1.82, 2.24) is 9.97 Å². The molecular weight excluding hydrogens is 699 g/mol. The fourth-order valence-electron chi connectivity index (χ4n) is 7.97. The lowest BCUT2D eigenvalue weighted by Crippen LogP contribution is -2.09. The fraction of sp³-hybridized carbons (Fsp3) is 0. The van der Waals surface area contributed by atoms with E-state index in [2.05, 4.69) is 138 Å². The topological polar surface area (TPSA) is 55.3 Å². The summed E-state index contributed by atoms with van der Waals surface area (Å²) in [6.45, 7) is 0. The van der Waals surface area contributed by atoms with Crippen molar-refractivity contribution in [3.05, 3.63) is 200 Å². The molecule has 57 heavy (non-hydrogen) atoms. The van der Waals surface area contributed by atoms with E-state index >= 15 is 0 Å². The van der Waals surface area contributed by atoms with Crippen molar-refractivity contribution in [2.24, 2.45) is 0 Å². The summed E-state index contributed by atoms with van der Waals surface area (Å²) in [5.74, 6) is 0.632. The van der Waals surface area contributed by atoms with Crippen molar-refractivity contribution in [2.75, 3.05) is 4.90 Å². The van der Waals surface area contributed by atoms with Gasteiger partial charge in [-0.3, -0.25) is 0 Å². The molecule has 0 fully saturated rings. The monoisotopic (exact) mass is 731 g/mol. The lowest BCUT2D eigenvalue weighted by Gasteiger charge is -2.25. The van der Waals surface area contributed by atoms with Crippen molar-refractivity contribution in [3.8, 4) is 45.0 Å². The van der Waals surface area contributed by atoms with E-state index < -0.39 is 0 Å². The maximum absolute atomic E-state index is 6.57. The van der Waals surface area contributed by atoms with Crippen molar-refractivity contribution in [3.63, 3.8) is 0 Å². The molecule has 0 aliphatic heterocycles. The maximum atomic E-state index is 6.57. The summed E-state index contributed by atoms with van der Waals surface area (Å²) in [5.41, 5.74) is 13.3. The highest BCUT2D eigenvalue weighted by Gasteiger charge is 2.20. The number of benzene rings is 8. The largest absolute Gasteiger partial charge is 0.456 e. The summed E-state index contributed by atoms with van der Waals surface area (Å²) in [4.78, 5) is 12.6. The van der Waals surface area contributed by atoms with E-state index in [4.69, 9.17) is 18.8 Å². The van der Waals surface area contributed by atoms with Gasteiger partial charge in [0.15, 0.2) is 5.82 Å². The van der Waals surface area contributed by atoms with Crippen LogP contribution in [0.1, 0.15) is 0 Å². The molecule has 0 aliphatic carbocycles. The van der Waals surface area contributed by atoms with Gasteiger partial charge in [0.1, 0.15) is 22.3 Å². The Balaban J connectivity index is 1.08. The maximum Gasteiger partial charge on any atom is 0.160 e. The fourth-order valence-corrected chi connectivity index (χ4v) is 7.97. The second kappa shape index (κ2) is 13.5. The van der Waals surface area contributed by atoms with E-state index in [1.807, 2.05) is 66.7 Å². The van der Waals surface area contributed by atoms with Crippen LogP contribution in [0.2, 0.25) is 0 Å².